The Labute approximate surface area is 111 Å². The number of fused-ring (bicyclic) bond motifs is 1. The van der Waals surface area contributed by atoms with Crippen molar-refractivity contribution in [1.82, 2.24) is 0 Å². The van der Waals surface area contributed by atoms with E-state index < -0.39 is 5.60 Å². The maximum absolute atomic E-state index is 12.3. The summed E-state index contributed by atoms with van der Waals surface area (Å²) in [6, 6.07) is 17.2. The van der Waals surface area contributed by atoms with Crippen LogP contribution in [0, 0.1) is 0 Å². The molecule has 0 saturated carbocycles. The molecule has 96 valence electrons. The van der Waals surface area contributed by atoms with Gasteiger partial charge in [-0.2, -0.15) is 0 Å². The average molecular weight is 254 g/mol. The number of benzene rings is 2. The Bertz CT molecular complexity index is 579. The zero-order valence-corrected chi connectivity index (χ0v) is 10.6. The normalized spacial score (nSPS) is 20.5. The van der Waals surface area contributed by atoms with Gasteiger partial charge >= 0.3 is 5.97 Å². The molecule has 0 bridgehead atoms. The van der Waals surface area contributed by atoms with E-state index in [9.17, 15) is 4.79 Å². The standard InChI is InChI=1S/C16H14O3/c1-18-15(17)16(13-8-3-2-4-9-13)11-12-7-5-6-10-14(12)19-16/h2-10H,11H2,1H3. The van der Waals surface area contributed by atoms with Crippen LogP contribution in [0.5, 0.6) is 5.75 Å². The first-order valence-corrected chi connectivity index (χ1v) is 6.17. The first-order valence-electron chi connectivity index (χ1n) is 6.17. The van der Waals surface area contributed by atoms with Gasteiger partial charge in [0.25, 0.3) is 0 Å². The molecule has 0 saturated heterocycles. The monoisotopic (exact) mass is 254 g/mol. The molecule has 2 aromatic rings. The van der Waals surface area contributed by atoms with Crippen molar-refractivity contribution in [3.63, 3.8) is 0 Å². The highest BCUT2D eigenvalue weighted by Gasteiger charge is 2.48. The molecule has 1 aliphatic rings. The molecule has 19 heavy (non-hydrogen) atoms. The molecule has 1 unspecified atom stereocenters. The molecule has 1 heterocycles. The lowest BCUT2D eigenvalue weighted by Gasteiger charge is -2.26. The largest absolute Gasteiger partial charge is 0.470 e. The van der Waals surface area contributed by atoms with Crippen molar-refractivity contribution < 1.29 is 14.3 Å². The first-order chi connectivity index (χ1) is 9.26. The Hall–Kier alpha value is -2.29. The molecule has 0 aromatic heterocycles. The minimum absolute atomic E-state index is 0.366. The van der Waals surface area contributed by atoms with Crippen LogP contribution in [0.4, 0.5) is 0 Å². The molecule has 0 fully saturated rings. The molecule has 0 aliphatic carbocycles. The van der Waals surface area contributed by atoms with E-state index in [0.717, 1.165) is 16.9 Å². The Balaban J connectivity index is 2.10. The number of para-hydroxylation sites is 1. The van der Waals surface area contributed by atoms with E-state index in [4.69, 9.17) is 9.47 Å². The molecular formula is C16H14O3. The van der Waals surface area contributed by atoms with Gasteiger partial charge in [-0.25, -0.2) is 4.79 Å². The van der Waals surface area contributed by atoms with Crippen LogP contribution in [0.25, 0.3) is 0 Å². The second-order valence-corrected chi connectivity index (χ2v) is 4.57. The van der Waals surface area contributed by atoms with Crippen LogP contribution in [0.15, 0.2) is 54.6 Å². The van der Waals surface area contributed by atoms with Crippen molar-refractivity contribution in [1.29, 1.82) is 0 Å². The van der Waals surface area contributed by atoms with Gasteiger partial charge in [-0.05, 0) is 11.6 Å². The zero-order valence-electron chi connectivity index (χ0n) is 10.6. The van der Waals surface area contributed by atoms with Crippen molar-refractivity contribution in [3.8, 4) is 5.75 Å². The van der Waals surface area contributed by atoms with Gasteiger partial charge in [0.1, 0.15) is 5.75 Å². The van der Waals surface area contributed by atoms with Crippen LogP contribution < -0.4 is 4.74 Å². The fourth-order valence-electron chi connectivity index (χ4n) is 2.51. The Morgan fingerprint density at radius 2 is 1.79 bits per heavy atom. The molecule has 1 aliphatic heterocycles. The molecule has 3 heteroatoms. The number of esters is 1. The summed E-state index contributed by atoms with van der Waals surface area (Å²) in [7, 11) is 1.39. The van der Waals surface area contributed by atoms with Crippen LogP contribution in [0.3, 0.4) is 0 Å². The van der Waals surface area contributed by atoms with Gasteiger partial charge in [0, 0.05) is 12.0 Å². The highest BCUT2D eigenvalue weighted by molar-refractivity contribution is 5.83. The quantitative estimate of drug-likeness (QED) is 0.773. The number of hydrogen-bond acceptors (Lipinski definition) is 3. The number of methoxy groups -OCH3 is 1. The third kappa shape index (κ3) is 1.78. The molecule has 0 radical (unpaired) electrons. The van der Waals surface area contributed by atoms with Gasteiger partial charge in [-0.3, -0.25) is 0 Å². The zero-order chi connectivity index (χ0) is 13.3. The van der Waals surface area contributed by atoms with E-state index in [1.807, 2.05) is 54.6 Å². The van der Waals surface area contributed by atoms with Crippen LogP contribution in [-0.2, 0) is 21.6 Å². The summed E-state index contributed by atoms with van der Waals surface area (Å²) in [5, 5.41) is 0. The van der Waals surface area contributed by atoms with Gasteiger partial charge in [0.05, 0.1) is 7.11 Å². The minimum Gasteiger partial charge on any atom is -0.470 e. The molecule has 2 aromatic carbocycles. The van der Waals surface area contributed by atoms with Crippen molar-refractivity contribution in [2.75, 3.05) is 7.11 Å². The fourth-order valence-corrected chi connectivity index (χ4v) is 2.51. The number of ether oxygens (including phenoxy) is 2. The SMILES string of the molecule is COC(=O)C1(c2ccccc2)Cc2ccccc2O1. The lowest BCUT2D eigenvalue weighted by molar-refractivity contribution is -0.158. The van der Waals surface area contributed by atoms with Gasteiger partial charge in [0.15, 0.2) is 0 Å². The minimum atomic E-state index is -1.06. The van der Waals surface area contributed by atoms with E-state index in [2.05, 4.69) is 0 Å². The summed E-state index contributed by atoms with van der Waals surface area (Å²) < 4.78 is 10.9. The lowest BCUT2D eigenvalue weighted by atomic mass is 9.89. The predicted molar refractivity (Wildman–Crippen MR) is 70.9 cm³/mol. The van der Waals surface area contributed by atoms with Gasteiger partial charge < -0.3 is 9.47 Å². The van der Waals surface area contributed by atoms with Gasteiger partial charge in [0.2, 0.25) is 5.60 Å². The number of rotatable bonds is 2. The molecule has 0 spiro atoms. The molecular weight excluding hydrogens is 240 g/mol. The Morgan fingerprint density at radius 3 is 2.47 bits per heavy atom. The smallest absolute Gasteiger partial charge is 0.355 e. The predicted octanol–water partition coefficient (Wildman–Crippen LogP) is 2.69. The van der Waals surface area contributed by atoms with Crippen molar-refractivity contribution in [2.24, 2.45) is 0 Å². The third-order valence-corrected chi connectivity index (χ3v) is 3.45. The summed E-state index contributed by atoms with van der Waals surface area (Å²) in [5.41, 5.74) is 0.787. The summed E-state index contributed by atoms with van der Waals surface area (Å²) in [5.74, 6) is 0.381. The van der Waals surface area contributed by atoms with Crippen molar-refractivity contribution in [2.45, 2.75) is 12.0 Å². The molecule has 0 amide bonds. The van der Waals surface area contributed by atoms with Crippen molar-refractivity contribution >= 4 is 5.97 Å². The topological polar surface area (TPSA) is 35.5 Å². The number of carbonyl (C=O) groups is 1. The van der Waals surface area contributed by atoms with Crippen LogP contribution in [0.1, 0.15) is 11.1 Å². The molecule has 0 N–H and O–H groups in total. The molecule has 3 rings (SSSR count). The van der Waals surface area contributed by atoms with E-state index in [1.54, 1.807) is 0 Å². The van der Waals surface area contributed by atoms with E-state index >= 15 is 0 Å². The molecule has 3 nitrogen and oxygen atoms in total. The van der Waals surface area contributed by atoms with Gasteiger partial charge in [-0.1, -0.05) is 48.5 Å². The second-order valence-electron chi connectivity index (χ2n) is 4.57. The van der Waals surface area contributed by atoms with E-state index in [0.29, 0.717) is 6.42 Å². The second kappa shape index (κ2) is 4.43. The van der Waals surface area contributed by atoms with Crippen LogP contribution in [-0.4, -0.2) is 13.1 Å². The highest BCUT2D eigenvalue weighted by Crippen LogP contribution is 2.42. The first kappa shape index (κ1) is 11.8. The van der Waals surface area contributed by atoms with Gasteiger partial charge in [-0.15, -0.1) is 0 Å². The van der Waals surface area contributed by atoms with E-state index in [1.165, 1.54) is 7.11 Å². The Kier molecular flexibility index (Phi) is 2.75. The highest BCUT2D eigenvalue weighted by atomic mass is 16.6. The van der Waals surface area contributed by atoms with E-state index in [-0.39, 0.29) is 5.97 Å². The molecule has 1 atom stereocenters. The fraction of sp³-hybridized carbons (Fsp3) is 0.188. The van der Waals surface area contributed by atoms with Crippen molar-refractivity contribution in [3.05, 3.63) is 65.7 Å². The lowest BCUT2D eigenvalue weighted by Crippen LogP contribution is -2.41. The Morgan fingerprint density at radius 1 is 1.11 bits per heavy atom. The summed E-state index contributed by atoms with van der Waals surface area (Å²) in [6.07, 6.45) is 0.500. The van der Waals surface area contributed by atoms with Crippen LogP contribution >= 0.6 is 0 Å². The average Bonchev–Trinajstić information content (AvgIpc) is 2.88. The summed E-state index contributed by atoms with van der Waals surface area (Å²) in [4.78, 5) is 12.3. The number of hydrogen-bond donors (Lipinski definition) is 0. The number of carbonyl (C=O) groups excluding carboxylic acids is 1. The maximum Gasteiger partial charge on any atom is 0.355 e. The summed E-state index contributed by atoms with van der Waals surface area (Å²) in [6.45, 7) is 0. The third-order valence-electron chi connectivity index (χ3n) is 3.45. The van der Waals surface area contributed by atoms with Crippen LogP contribution in [0.2, 0.25) is 0 Å². The maximum atomic E-state index is 12.3. The summed E-state index contributed by atoms with van der Waals surface area (Å²) >= 11 is 0.